The van der Waals surface area contributed by atoms with Gasteiger partial charge in [0.05, 0.1) is 4.92 Å². The molecule has 0 aliphatic carbocycles. The van der Waals surface area contributed by atoms with Crippen molar-refractivity contribution in [2.45, 2.75) is 0 Å². The SMILES string of the molecule is Nc1nc(C(=O)Nc2ccc(Br)cc2[N+](=O)[O-])cs1. The molecule has 98 valence electrons. The van der Waals surface area contributed by atoms with Crippen molar-refractivity contribution in [3.63, 3.8) is 0 Å². The first-order chi connectivity index (χ1) is 8.97. The van der Waals surface area contributed by atoms with Crippen molar-refractivity contribution in [3.8, 4) is 0 Å². The Labute approximate surface area is 119 Å². The Balaban J connectivity index is 2.28. The molecule has 1 aromatic carbocycles. The summed E-state index contributed by atoms with van der Waals surface area (Å²) in [6.07, 6.45) is 0. The zero-order chi connectivity index (χ0) is 14.0. The fourth-order valence-corrected chi connectivity index (χ4v) is 2.23. The number of hydrogen-bond donors (Lipinski definition) is 2. The van der Waals surface area contributed by atoms with E-state index >= 15 is 0 Å². The summed E-state index contributed by atoms with van der Waals surface area (Å²) < 4.78 is 0.551. The van der Waals surface area contributed by atoms with Crippen LogP contribution in [0.3, 0.4) is 0 Å². The highest BCUT2D eigenvalue weighted by molar-refractivity contribution is 9.10. The summed E-state index contributed by atoms with van der Waals surface area (Å²) >= 11 is 4.26. The van der Waals surface area contributed by atoms with Crippen LogP contribution in [0.5, 0.6) is 0 Å². The Kier molecular flexibility index (Phi) is 3.76. The number of nitrogens with two attached hydrogens (primary N) is 1. The first kappa shape index (κ1) is 13.4. The maximum atomic E-state index is 11.8. The van der Waals surface area contributed by atoms with Gasteiger partial charge in [0.2, 0.25) is 0 Å². The number of aromatic nitrogens is 1. The van der Waals surface area contributed by atoms with Crippen LogP contribution < -0.4 is 11.1 Å². The lowest BCUT2D eigenvalue weighted by Crippen LogP contribution is -2.13. The molecule has 2 aromatic rings. The molecule has 0 spiro atoms. The van der Waals surface area contributed by atoms with Crippen LogP contribution >= 0.6 is 27.3 Å². The minimum atomic E-state index is -0.574. The first-order valence-electron chi connectivity index (χ1n) is 4.93. The summed E-state index contributed by atoms with van der Waals surface area (Å²) in [5.74, 6) is -0.543. The van der Waals surface area contributed by atoms with Crippen molar-refractivity contribution >= 4 is 49.7 Å². The molecule has 0 aliphatic heterocycles. The topological polar surface area (TPSA) is 111 Å². The average Bonchev–Trinajstić information content (AvgIpc) is 2.78. The Morgan fingerprint density at radius 1 is 1.53 bits per heavy atom. The number of halogens is 1. The number of nitrogens with zero attached hydrogens (tertiary/aromatic N) is 2. The van der Waals surface area contributed by atoms with Crippen LogP contribution in [0, 0.1) is 10.1 Å². The van der Waals surface area contributed by atoms with E-state index in [-0.39, 0.29) is 22.2 Å². The molecule has 0 aliphatic rings. The molecule has 1 heterocycles. The number of anilines is 2. The van der Waals surface area contributed by atoms with E-state index in [1.807, 2.05) is 0 Å². The van der Waals surface area contributed by atoms with Crippen molar-refractivity contribution in [2.75, 3.05) is 11.1 Å². The predicted octanol–water partition coefficient (Wildman–Crippen LogP) is 2.65. The van der Waals surface area contributed by atoms with E-state index in [1.54, 1.807) is 6.07 Å². The van der Waals surface area contributed by atoms with Gasteiger partial charge in [0.25, 0.3) is 11.6 Å². The van der Waals surface area contributed by atoms with Gasteiger partial charge in [-0.05, 0) is 12.1 Å². The van der Waals surface area contributed by atoms with Gasteiger partial charge in [-0.25, -0.2) is 4.98 Å². The van der Waals surface area contributed by atoms with Crippen LogP contribution in [-0.4, -0.2) is 15.8 Å². The zero-order valence-corrected chi connectivity index (χ0v) is 11.7. The molecular weight excluding hydrogens is 336 g/mol. The third-order valence-electron chi connectivity index (χ3n) is 2.16. The summed E-state index contributed by atoms with van der Waals surface area (Å²) in [5.41, 5.74) is 5.44. The number of nitro benzene ring substituents is 1. The van der Waals surface area contributed by atoms with E-state index in [0.717, 1.165) is 11.3 Å². The average molecular weight is 343 g/mol. The number of amides is 1. The smallest absolute Gasteiger partial charge is 0.293 e. The second kappa shape index (κ2) is 5.33. The van der Waals surface area contributed by atoms with Crippen molar-refractivity contribution in [1.29, 1.82) is 0 Å². The summed E-state index contributed by atoms with van der Waals surface area (Å²) in [4.78, 5) is 26.0. The van der Waals surface area contributed by atoms with Gasteiger partial charge in [-0.2, -0.15) is 0 Å². The Bertz CT molecular complexity index is 658. The molecule has 0 unspecified atom stereocenters. The Hall–Kier alpha value is -2.00. The normalized spacial score (nSPS) is 10.2. The number of thiazole rings is 1. The molecule has 1 aromatic heterocycles. The highest BCUT2D eigenvalue weighted by atomic mass is 79.9. The molecule has 0 bridgehead atoms. The summed E-state index contributed by atoms with van der Waals surface area (Å²) in [6, 6.07) is 4.35. The number of nitro groups is 1. The minimum absolute atomic E-state index is 0.102. The number of benzene rings is 1. The third-order valence-corrected chi connectivity index (χ3v) is 3.33. The number of nitrogen functional groups attached to an aromatic ring is 1. The molecule has 0 atom stereocenters. The van der Waals surface area contributed by atoms with Crippen LogP contribution in [-0.2, 0) is 0 Å². The molecular formula is C10H7BrN4O3S. The summed E-state index contributed by atoms with van der Waals surface area (Å²) in [6.45, 7) is 0. The highest BCUT2D eigenvalue weighted by Gasteiger charge is 2.18. The third kappa shape index (κ3) is 3.06. The first-order valence-corrected chi connectivity index (χ1v) is 6.61. The van der Waals surface area contributed by atoms with Crippen LogP contribution in [0.1, 0.15) is 10.5 Å². The maximum Gasteiger partial charge on any atom is 0.293 e. The molecule has 0 fully saturated rings. The minimum Gasteiger partial charge on any atom is -0.375 e. The van der Waals surface area contributed by atoms with Crippen LogP contribution in [0.15, 0.2) is 28.1 Å². The fraction of sp³-hybridized carbons (Fsp3) is 0. The Morgan fingerprint density at radius 2 is 2.26 bits per heavy atom. The molecule has 0 saturated carbocycles. The predicted molar refractivity (Wildman–Crippen MR) is 75.3 cm³/mol. The van der Waals surface area contributed by atoms with Crippen LogP contribution in [0.25, 0.3) is 0 Å². The second-order valence-electron chi connectivity index (χ2n) is 3.44. The lowest BCUT2D eigenvalue weighted by Gasteiger charge is -2.04. The number of carbonyl (C=O) groups excluding carboxylic acids is 1. The van der Waals surface area contributed by atoms with Crippen molar-refractivity contribution in [1.82, 2.24) is 4.98 Å². The monoisotopic (exact) mass is 342 g/mol. The van der Waals surface area contributed by atoms with E-state index in [9.17, 15) is 14.9 Å². The summed E-state index contributed by atoms with van der Waals surface area (Å²) in [5, 5.41) is 15.1. The molecule has 19 heavy (non-hydrogen) atoms. The molecule has 9 heteroatoms. The van der Waals surface area contributed by atoms with Crippen molar-refractivity contribution in [3.05, 3.63) is 43.9 Å². The zero-order valence-electron chi connectivity index (χ0n) is 9.29. The molecule has 2 rings (SSSR count). The van der Waals surface area contributed by atoms with E-state index < -0.39 is 10.8 Å². The van der Waals surface area contributed by atoms with Gasteiger partial charge in [0, 0.05) is 15.9 Å². The maximum absolute atomic E-state index is 11.8. The van der Waals surface area contributed by atoms with Gasteiger partial charge in [-0.15, -0.1) is 11.3 Å². The van der Waals surface area contributed by atoms with E-state index in [4.69, 9.17) is 5.73 Å². The lowest BCUT2D eigenvalue weighted by molar-refractivity contribution is -0.384. The largest absolute Gasteiger partial charge is 0.375 e. The van der Waals surface area contributed by atoms with Crippen LogP contribution in [0.4, 0.5) is 16.5 Å². The van der Waals surface area contributed by atoms with Gasteiger partial charge in [-0.1, -0.05) is 15.9 Å². The van der Waals surface area contributed by atoms with E-state index in [1.165, 1.54) is 17.5 Å². The number of hydrogen-bond acceptors (Lipinski definition) is 6. The standard InChI is InChI=1S/C10H7BrN4O3S/c11-5-1-2-6(8(3-5)15(17)18)13-9(16)7-4-19-10(12)14-7/h1-4H,(H2,12,14)(H,13,16). The van der Waals surface area contributed by atoms with Gasteiger partial charge in [0.1, 0.15) is 11.4 Å². The van der Waals surface area contributed by atoms with Gasteiger partial charge < -0.3 is 11.1 Å². The number of carbonyl (C=O) groups is 1. The second-order valence-corrected chi connectivity index (χ2v) is 5.25. The van der Waals surface area contributed by atoms with Gasteiger partial charge in [-0.3, -0.25) is 14.9 Å². The van der Waals surface area contributed by atoms with Crippen LogP contribution in [0.2, 0.25) is 0 Å². The van der Waals surface area contributed by atoms with E-state index in [0.29, 0.717) is 4.47 Å². The molecule has 0 saturated heterocycles. The summed E-state index contributed by atoms with van der Waals surface area (Å²) in [7, 11) is 0. The van der Waals surface area contributed by atoms with Crippen molar-refractivity contribution < 1.29 is 9.72 Å². The molecule has 7 nitrogen and oxygen atoms in total. The molecule has 3 N–H and O–H groups in total. The lowest BCUT2D eigenvalue weighted by atomic mass is 10.2. The van der Waals surface area contributed by atoms with Crippen molar-refractivity contribution in [2.24, 2.45) is 0 Å². The number of rotatable bonds is 3. The molecule has 0 radical (unpaired) electrons. The highest BCUT2D eigenvalue weighted by Crippen LogP contribution is 2.28. The van der Waals surface area contributed by atoms with Gasteiger partial charge >= 0.3 is 0 Å². The van der Waals surface area contributed by atoms with E-state index in [2.05, 4.69) is 26.2 Å². The number of nitrogens with one attached hydrogen (secondary N) is 1. The fourth-order valence-electron chi connectivity index (χ4n) is 1.34. The Morgan fingerprint density at radius 3 is 2.84 bits per heavy atom. The van der Waals surface area contributed by atoms with Gasteiger partial charge in [0.15, 0.2) is 5.13 Å². The quantitative estimate of drug-likeness (QED) is 0.657. The molecule has 1 amide bonds.